The zero-order valence-corrected chi connectivity index (χ0v) is 14.8. The highest BCUT2D eigenvalue weighted by Gasteiger charge is 2.30. The second-order valence-corrected chi connectivity index (χ2v) is 7.13. The first-order valence-corrected chi connectivity index (χ1v) is 8.98. The lowest BCUT2D eigenvalue weighted by atomic mass is 9.83. The number of nitrogens with zero attached hydrogens (tertiary/aromatic N) is 6. The molecule has 0 radical (unpaired) electrons. The summed E-state index contributed by atoms with van der Waals surface area (Å²) in [4.78, 5) is 25.8. The molecule has 1 atom stereocenters. The summed E-state index contributed by atoms with van der Waals surface area (Å²) in [5.74, 6) is 1.64. The van der Waals surface area contributed by atoms with Crippen LogP contribution in [0.25, 0.3) is 0 Å². The molecule has 0 N–H and O–H groups in total. The Morgan fingerprint density at radius 3 is 2.72 bits per heavy atom. The molecule has 0 aromatic carbocycles. The van der Waals surface area contributed by atoms with Crippen molar-refractivity contribution in [2.75, 3.05) is 24.5 Å². The number of rotatable bonds is 3. The van der Waals surface area contributed by atoms with E-state index in [1.807, 2.05) is 11.9 Å². The molecule has 1 amide bonds. The van der Waals surface area contributed by atoms with E-state index in [4.69, 9.17) is 0 Å². The minimum absolute atomic E-state index is 0.0538. The predicted molar refractivity (Wildman–Crippen MR) is 94.5 cm³/mol. The third-order valence-electron chi connectivity index (χ3n) is 5.36. The van der Waals surface area contributed by atoms with E-state index in [1.165, 1.54) is 19.3 Å². The first kappa shape index (κ1) is 16.1. The highest BCUT2D eigenvalue weighted by molar-refractivity contribution is 5.94. The standard InChI is InChI=1S/C18H24N6O/c1-13-10-23(17-8-16(19-12-20-17)14-4-3-5-14)6-7-24(13)18(25)15-9-21-22(2)11-15/h8-9,11-14H,3-7,10H2,1-2H3. The highest BCUT2D eigenvalue weighted by atomic mass is 16.2. The van der Waals surface area contributed by atoms with Gasteiger partial charge in [0.25, 0.3) is 5.91 Å². The molecular weight excluding hydrogens is 316 g/mol. The van der Waals surface area contributed by atoms with Crippen LogP contribution >= 0.6 is 0 Å². The Kier molecular flexibility index (Phi) is 4.15. The fraction of sp³-hybridized carbons (Fsp3) is 0.556. The zero-order chi connectivity index (χ0) is 17.4. The van der Waals surface area contributed by atoms with Crippen molar-refractivity contribution in [3.63, 3.8) is 0 Å². The Bertz CT molecular complexity index is 768. The van der Waals surface area contributed by atoms with E-state index in [1.54, 1.807) is 23.4 Å². The van der Waals surface area contributed by atoms with E-state index in [9.17, 15) is 4.79 Å². The summed E-state index contributed by atoms with van der Waals surface area (Å²) in [7, 11) is 1.83. The van der Waals surface area contributed by atoms with Gasteiger partial charge in [-0.3, -0.25) is 9.48 Å². The van der Waals surface area contributed by atoms with Crippen LogP contribution < -0.4 is 4.90 Å². The van der Waals surface area contributed by atoms with Gasteiger partial charge in [0, 0.05) is 56.6 Å². The third-order valence-corrected chi connectivity index (χ3v) is 5.36. The molecule has 2 aromatic heterocycles. The van der Waals surface area contributed by atoms with Crippen LogP contribution in [0, 0.1) is 0 Å². The van der Waals surface area contributed by atoms with Crippen molar-refractivity contribution in [1.82, 2.24) is 24.6 Å². The number of carbonyl (C=O) groups excluding carboxylic acids is 1. The van der Waals surface area contributed by atoms with Crippen LogP contribution in [0.2, 0.25) is 0 Å². The molecule has 2 aliphatic rings. The van der Waals surface area contributed by atoms with E-state index < -0.39 is 0 Å². The predicted octanol–water partition coefficient (Wildman–Crippen LogP) is 1.83. The molecule has 2 aromatic rings. The van der Waals surface area contributed by atoms with Gasteiger partial charge in [-0.2, -0.15) is 5.10 Å². The quantitative estimate of drug-likeness (QED) is 0.853. The van der Waals surface area contributed by atoms with Crippen LogP contribution in [0.15, 0.2) is 24.8 Å². The van der Waals surface area contributed by atoms with Crippen LogP contribution in [0.5, 0.6) is 0 Å². The second kappa shape index (κ2) is 6.46. The van der Waals surface area contributed by atoms with Crippen LogP contribution in [-0.2, 0) is 7.05 Å². The Morgan fingerprint density at radius 2 is 2.08 bits per heavy atom. The minimum atomic E-state index is 0.0538. The van der Waals surface area contributed by atoms with Crippen molar-refractivity contribution in [3.8, 4) is 0 Å². The van der Waals surface area contributed by atoms with E-state index in [0.29, 0.717) is 18.0 Å². The fourth-order valence-electron chi connectivity index (χ4n) is 3.63. The summed E-state index contributed by atoms with van der Waals surface area (Å²) in [5, 5.41) is 4.10. The lowest BCUT2D eigenvalue weighted by Gasteiger charge is -2.40. The molecule has 0 bridgehead atoms. The molecule has 1 unspecified atom stereocenters. The third kappa shape index (κ3) is 3.10. The monoisotopic (exact) mass is 340 g/mol. The van der Waals surface area contributed by atoms with Gasteiger partial charge in [-0.25, -0.2) is 9.97 Å². The normalized spacial score (nSPS) is 21.3. The lowest BCUT2D eigenvalue weighted by molar-refractivity contribution is 0.0673. The maximum atomic E-state index is 12.7. The van der Waals surface area contributed by atoms with E-state index in [-0.39, 0.29) is 11.9 Å². The summed E-state index contributed by atoms with van der Waals surface area (Å²) >= 11 is 0. The number of carbonyl (C=O) groups is 1. The molecule has 2 fully saturated rings. The molecule has 1 aliphatic heterocycles. The van der Waals surface area contributed by atoms with E-state index >= 15 is 0 Å². The molecule has 0 spiro atoms. The summed E-state index contributed by atoms with van der Waals surface area (Å²) in [6, 6.07) is 2.26. The van der Waals surface area contributed by atoms with E-state index in [2.05, 4.69) is 33.0 Å². The highest BCUT2D eigenvalue weighted by Crippen LogP contribution is 2.36. The smallest absolute Gasteiger partial charge is 0.257 e. The van der Waals surface area contributed by atoms with Crippen LogP contribution in [-0.4, -0.2) is 56.2 Å². The largest absolute Gasteiger partial charge is 0.353 e. The average Bonchev–Trinajstić information content (AvgIpc) is 2.99. The topological polar surface area (TPSA) is 67.2 Å². The Morgan fingerprint density at radius 1 is 1.24 bits per heavy atom. The number of aromatic nitrogens is 4. The molecule has 1 saturated carbocycles. The minimum Gasteiger partial charge on any atom is -0.353 e. The summed E-state index contributed by atoms with van der Waals surface area (Å²) < 4.78 is 1.66. The van der Waals surface area contributed by atoms with Crippen molar-refractivity contribution >= 4 is 11.7 Å². The van der Waals surface area contributed by atoms with Crippen molar-refractivity contribution in [3.05, 3.63) is 36.0 Å². The second-order valence-electron chi connectivity index (χ2n) is 7.13. The summed E-state index contributed by atoms with van der Waals surface area (Å²) in [6.45, 7) is 4.36. The van der Waals surface area contributed by atoms with Crippen molar-refractivity contribution in [1.29, 1.82) is 0 Å². The molecule has 1 aliphatic carbocycles. The maximum absolute atomic E-state index is 12.7. The number of piperazine rings is 1. The number of hydrogen-bond acceptors (Lipinski definition) is 5. The van der Waals surface area contributed by atoms with Crippen molar-refractivity contribution in [2.24, 2.45) is 7.05 Å². The van der Waals surface area contributed by atoms with E-state index in [0.717, 1.165) is 24.6 Å². The number of hydrogen-bond donors (Lipinski definition) is 0. The molecule has 132 valence electrons. The molecule has 3 heterocycles. The Hall–Kier alpha value is -2.44. The van der Waals surface area contributed by atoms with Gasteiger partial charge in [0.1, 0.15) is 12.1 Å². The molecular formula is C18H24N6O. The van der Waals surface area contributed by atoms with Crippen molar-refractivity contribution < 1.29 is 4.79 Å². The fourth-order valence-corrected chi connectivity index (χ4v) is 3.63. The van der Waals surface area contributed by atoms with Gasteiger partial charge in [0.05, 0.1) is 11.8 Å². The van der Waals surface area contributed by atoms with Gasteiger partial charge in [-0.05, 0) is 19.8 Å². The summed E-state index contributed by atoms with van der Waals surface area (Å²) in [6.07, 6.45) is 8.87. The summed E-state index contributed by atoms with van der Waals surface area (Å²) in [5.41, 5.74) is 1.81. The SMILES string of the molecule is CC1CN(c2cc(C3CCC3)ncn2)CCN1C(=O)c1cnn(C)c1. The van der Waals surface area contributed by atoms with Gasteiger partial charge in [-0.1, -0.05) is 6.42 Å². The Balaban J connectivity index is 1.45. The first-order chi connectivity index (χ1) is 12.1. The molecule has 7 heteroatoms. The average molecular weight is 340 g/mol. The lowest BCUT2D eigenvalue weighted by Crippen LogP contribution is -2.54. The Labute approximate surface area is 147 Å². The van der Waals surface area contributed by atoms with Crippen molar-refractivity contribution in [2.45, 2.75) is 38.1 Å². The van der Waals surface area contributed by atoms with Gasteiger partial charge in [0.15, 0.2) is 0 Å². The van der Waals surface area contributed by atoms with Gasteiger partial charge >= 0.3 is 0 Å². The van der Waals surface area contributed by atoms with Gasteiger partial charge in [-0.15, -0.1) is 0 Å². The van der Waals surface area contributed by atoms with Crippen LogP contribution in [0.3, 0.4) is 0 Å². The molecule has 7 nitrogen and oxygen atoms in total. The van der Waals surface area contributed by atoms with Gasteiger partial charge < -0.3 is 9.80 Å². The molecule has 1 saturated heterocycles. The van der Waals surface area contributed by atoms with Gasteiger partial charge in [0.2, 0.25) is 0 Å². The number of aryl methyl sites for hydroxylation is 1. The van der Waals surface area contributed by atoms with Crippen LogP contribution in [0.4, 0.5) is 5.82 Å². The number of amides is 1. The number of anilines is 1. The molecule has 25 heavy (non-hydrogen) atoms. The molecule has 4 rings (SSSR count). The first-order valence-electron chi connectivity index (χ1n) is 8.98. The maximum Gasteiger partial charge on any atom is 0.257 e. The van der Waals surface area contributed by atoms with Crippen LogP contribution in [0.1, 0.15) is 48.2 Å². The zero-order valence-electron chi connectivity index (χ0n) is 14.8.